The van der Waals surface area contributed by atoms with Crippen molar-refractivity contribution >= 4 is 27.8 Å². The number of carboxylic acids is 1. The summed E-state index contributed by atoms with van der Waals surface area (Å²) in [5.74, 6) is -1.79. The van der Waals surface area contributed by atoms with Gasteiger partial charge in [-0.25, -0.2) is 9.18 Å². The van der Waals surface area contributed by atoms with Crippen molar-refractivity contribution in [3.63, 3.8) is 0 Å². The first-order valence-electron chi connectivity index (χ1n) is 6.25. The summed E-state index contributed by atoms with van der Waals surface area (Å²) in [4.78, 5) is 22.9. The van der Waals surface area contributed by atoms with Crippen LogP contribution >= 0.6 is 15.9 Å². The van der Waals surface area contributed by atoms with E-state index >= 15 is 0 Å². The van der Waals surface area contributed by atoms with Gasteiger partial charge in [-0.2, -0.15) is 0 Å². The highest BCUT2D eigenvalue weighted by atomic mass is 79.9. The predicted molar refractivity (Wildman–Crippen MR) is 76.8 cm³/mol. The Bertz CT molecular complexity index is 505. The highest BCUT2D eigenvalue weighted by Gasteiger charge is 2.21. The van der Waals surface area contributed by atoms with E-state index in [2.05, 4.69) is 21.2 Å². The second kappa shape index (κ2) is 7.38. The minimum Gasteiger partial charge on any atom is -0.480 e. The lowest BCUT2D eigenvalue weighted by molar-refractivity contribution is -0.142. The Morgan fingerprint density at radius 1 is 1.40 bits per heavy atom. The molecule has 0 aliphatic rings. The van der Waals surface area contributed by atoms with Crippen LogP contribution in [0.1, 0.15) is 25.8 Å². The second-order valence-electron chi connectivity index (χ2n) is 5.00. The van der Waals surface area contributed by atoms with Gasteiger partial charge in [0.15, 0.2) is 0 Å². The topological polar surface area (TPSA) is 66.4 Å². The van der Waals surface area contributed by atoms with Crippen molar-refractivity contribution in [3.05, 3.63) is 34.1 Å². The molecule has 4 nitrogen and oxygen atoms in total. The number of rotatable bonds is 6. The van der Waals surface area contributed by atoms with Crippen molar-refractivity contribution in [1.82, 2.24) is 5.32 Å². The van der Waals surface area contributed by atoms with E-state index in [9.17, 15) is 14.0 Å². The third-order valence-electron chi connectivity index (χ3n) is 2.70. The van der Waals surface area contributed by atoms with E-state index in [1.165, 1.54) is 18.2 Å². The molecule has 1 atom stereocenters. The first kappa shape index (κ1) is 16.6. The fourth-order valence-electron chi connectivity index (χ4n) is 1.79. The molecule has 0 heterocycles. The summed E-state index contributed by atoms with van der Waals surface area (Å²) in [6.45, 7) is 3.76. The molecular weight excluding hydrogens is 329 g/mol. The molecule has 0 saturated heterocycles. The summed E-state index contributed by atoms with van der Waals surface area (Å²) in [7, 11) is 0. The van der Waals surface area contributed by atoms with Crippen molar-refractivity contribution < 1.29 is 19.1 Å². The first-order chi connectivity index (χ1) is 9.29. The molecule has 0 fully saturated rings. The Labute approximate surface area is 125 Å². The maximum absolute atomic E-state index is 13.1. The molecule has 0 aliphatic heterocycles. The highest BCUT2D eigenvalue weighted by Crippen LogP contribution is 2.18. The summed E-state index contributed by atoms with van der Waals surface area (Å²) in [5.41, 5.74) is 0.483. The monoisotopic (exact) mass is 345 g/mol. The van der Waals surface area contributed by atoms with Gasteiger partial charge in [-0.1, -0.05) is 29.8 Å². The van der Waals surface area contributed by atoms with E-state index < -0.39 is 23.7 Å². The van der Waals surface area contributed by atoms with E-state index in [-0.39, 0.29) is 12.3 Å². The number of hydrogen-bond donors (Lipinski definition) is 2. The Morgan fingerprint density at radius 2 is 2.05 bits per heavy atom. The summed E-state index contributed by atoms with van der Waals surface area (Å²) in [5, 5.41) is 11.5. The second-order valence-corrected chi connectivity index (χ2v) is 5.85. The number of aliphatic carboxylic acids is 1. The third kappa shape index (κ3) is 5.28. The van der Waals surface area contributed by atoms with Gasteiger partial charge in [0, 0.05) is 4.47 Å². The van der Waals surface area contributed by atoms with Gasteiger partial charge in [0.05, 0.1) is 6.42 Å². The van der Waals surface area contributed by atoms with E-state index in [4.69, 9.17) is 5.11 Å². The average molecular weight is 346 g/mol. The van der Waals surface area contributed by atoms with Gasteiger partial charge >= 0.3 is 5.97 Å². The largest absolute Gasteiger partial charge is 0.480 e. The quantitative estimate of drug-likeness (QED) is 0.832. The standard InChI is InChI=1S/C14H17BrFNO3/c1-8(2)5-12(14(19)20)17-13(18)7-9-6-10(16)3-4-11(9)15/h3-4,6,8,12H,5,7H2,1-2H3,(H,17,18)(H,19,20)/t12-/m0/s1. The van der Waals surface area contributed by atoms with E-state index in [1.807, 2.05) is 13.8 Å². The van der Waals surface area contributed by atoms with Crippen LogP contribution in [-0.4, -0.2) is 23.0 Å². The van der Waals surface area contributed by atoms with Gasteiger partial charge in [0.2, 0.25) is 5.91 Å². The lowest BCUT2D eigenvalue weighted by atomic mass is 10.0. The van der Waals surface area contributed by atoms with Gasteiger partial charge < -0.3 is 10.4 Å². The smallest absolute Gasteiger partial charge is 0.326 e. The molecule has 0 aromatic heterocycles. The molecule has 1 aromatic carbocycles. The zero-order chi connectivity index (χ0) is 15.3. The van der Waals surface area contributed by atoms with Crippen LogP contribution in [0.2, 0.25) is 0 Å². The van der Waals surface area contributed by atoms with Gasteiger partial charge in [-0.05, 0) is 36.1 Å². The van der Waals surface area contributed by atoms with Crippen LogP contribution in [0.3, 0.4) is 0 Å². The van der Waals surface area contributed by atoms with E-state index in [0.29, 0.717) is 16.5 Å². The molecule has 0 spiro atoms. The number of nitrogens with one attached hydrogen (secondary N) is 1. The van der Waals surface area contributed by atoms with Crippen LogP contribution in [0.25, 0.3) is 0 Å². The molecular formula is C14H17BrFNO3. The van der Waals surface area contributed by atoms with E-state index in [1.54, 1.807) is 0 Å². The van der Waals surface area contributed by atoms with Crippen LogP contribution < -0.4 is 5.32 Å². The van der Waals surface area contributed by atoms with Gasteiger partial charge in [0.1, 0.15) is 11.9 Å². The summed E-state index contributed by atoms with van der Waals surface area (Å²) >= 11 is 3.23. The lowest BCUT2D eigenvalue weighted by Crippen LogP contribution is -2.42. The Hall–Kier alpha value is -1.43. The van der Waals surface area contributed by atoms with Crippen LogP contribution in [0, 0.1) is 11.7 Å². The molecule has 2 N–H and O–H groups in total. The number of carboxylic acid groups (broad SMARTS) is 1. The lowest BCUT2D eigenvalue weighted by Gasteiger charge is -2.16. The fraction of sp³-hybridized carbons (Fsp3) is 0.429. The molecule has 1 rings (SSSR count). The summed E-state index contributed by atoms with van der Waals surface area (Å²) < 4.78 is 13.7. The zero-order valence-corrected chi connectivity index (χ0v) is 12.9. The normalized spacial score (nSPS) is 12.2. The van der Waals surface area contributed by atoms with Crippen LogP contribution in [0.5, 0.6) is 0 Å². The van der Waals surface area contributed by atoms with Crippen LogP contribution in [0.4, 0.5) is 4.39 Å². The molecule has 0 aliphatic carbocycles. The number of halogens is 2. The molecule has 1 aromatic rings. The summed E-state index contributed by atoms with van der Waals surface area (Å²) in [6, 6.07) is 3.13. The SMILES string of the molecule is CC(C)C[C@H](NC(=O)Cc1cc(F)ccc1Br)C(=O)O. The average Bonchev–Trinajstić information content (AvgIpc) is 2.32. The fourth-order valence-corrected chi connectivity index (χ4v) is 2.18. The van der Waals surface area contributed by atoms with Crippen molar-refractivity contribution in [3.8, 4) is 0 Å². The van der Waals surface area contributed by atoms with Gasteiger partial charge in [-0.3, -0.25) is 4.79 Å². The molecule has 0 saturated carbocycles. The number of carbonyl (C=O) groups is 2. The van der Waals surface area contributed by atoms with E-state index in [0.717, 1.165) is 0 Å². The highest BCUT2D eigenvalue weighted by molar-refractivity contribution is 9.10. The Kier molecular flexibility index (Phi) is 6.13. The molecule has 6 heteroatoms. The zero-order valence-electron chi connectivity index (χ0n) is 11.3. The minimum absolute atomic E-state index is 0.0692. The molecule has 110 valence electrons. The van der Waals surface area contributed by atoms with Crippen LogP contribution in [-0.2, 0) is 16.0 Å². The molecule has 1 amide bonds. The molecule has 20 heavy (non-hydrogen) atoms. The van der Waals surface area contributed by atoms with Crippen molar-refractivity contribution in [2.45, 2.75) is 32.7 Å². The number of benzene rings is 1. The third-order valence-corrected chi connectivity index (χ3v) is 3.47. The van der Waals surface area contributed by atoms with Gasteiger partial charge in [0.25, 0.3) is 0 Å². The van der Waals surface area contributed by atoms with Crippen LogP contribution in [0.15, 0.2) is 22.7 Å². The number of amides is 1. The van der Waals surface area contributed by atoms with Gasteiger partial charge in [-0.15, -0.1) is 0 Å². The first-order valence-corrected chi connectivity index (χ1v) is 7.05. The Morgan fingerprint density at radius 3 is 2.60 bits per heavy atom. The summed E-state index contributed by atoms with van der Waals surface area (Å²) in [6.07, 6.45) is 0.283. The number of hydrogen-bond acceptors (Lipinski definition) is 2. The molecule has 0 unspecified atom stereocenters. The van der Waals surface area contributed by atoms with Crippen molar-refractivity contribution in [2.24, 2.45) is 5.92 Å². The van der Waals surface area contributed by atoms with Crippen molar-refractivity contribution in [1.29, 1.82) is 0 Å². The Balaban J connectivity index is 2.70. The maximum Gasteiger partial charge on any atom is 0.326 e. The van der Waals surface area contributed by atoms with Crippen molar-refractivity contribution in [2.75, 3.05) is 0 Å². The minimum atomic E-state index is -1.06. The predicted octanol–water partition coefficient (Wildman–Crippen LogP) is 2.75. The maximum atomic E-state index is 13.1. The molecule has 0 radical (unpaired) electrons. The number of carbonyl (C=O) groups excluding carboxylic acids is 1. The molecule has 0 bridgehead atoms.